The molecule has 2 aromatic rings. The standard InChI is InChI=1S/C9H14N4OS/c1-14-8-7(6-11-3-2-10)13-4-5-15-9(13)12-8/h4-5,11H,2-3,6,10H2,1H3. The minimum atomic E-state index is 0.633. The van der Waals surface area contributed by atoms with E-state index < -0.39 is 0 Å². The van der Waals surface area contributed by atoms with Gasteiger partial charge in [-0.05, 0) is 0 Å². The van der Waals surface area contributed by atoms with Gasteiger partial charge in [0.15, 0.2) is 4.96 Å². The van der Waals surface area contributed by atoms with Crippen molar-refractivity contribution in [3.8, 4) is 5.88 Å². The quantitative estimate of drug-likeness (QED) is 0.727. The van der Waals surface area contributed by atoms with Crippen LogP contribution in [0.25, 0.3) is 4.96 Å². The van der Waals surface area contributed by atoms with Gasteiger partial charge in [0, 0.05) is 31.2 Å². The minimum Gasteiger partial charge on any atom is -0.480 e. The second-order valence-corrected chi connectivity index (χ2v) is 3.96. The molecule has 0 saturated heterocycles. The number of hydrogen-bond donors (Lipinski definition) is 2. The van der Waals surface area contributed by atoms with E-state index in [4.69, 9.17) is 10.5 Å². The molecule has 15 heavy (non-hydrogen) atoms. The van der Waals surface area contributed by atoms with Gasteiger partial charge in [-0.3, -0.25) is 4.40 Å². The second kappa shape index (κ2) is 4.61. The first-order valence-electron chi connectivity index (χ1n) is 4.76. The molecule has 2 aromatic heterocycles. The number of nitrogens with zero attached hydrogens (tertiary/aromatic N) is 2. The molecule has 0 bridgehead atoms. The Morgan fingerprint density at radius 2 is 2.53 bits per heavy atom. The van der Waals surface area contributed by atoms with Gasteiger partial charge in [-0.15, -0.1) is 11.3 Å². The van der Waals surface area contributed by atoms with Crippen LogP contribution < -0.4 is 15.8 Å². The fourth-order valence-corrected chi connectivity index (χ4v) is 2.17. The Bertz CT molecular complexity index is 436. The Morgan fingerprint density at radius 3 is 3.27 bits per heavy atom. The monoisotopic (exact) mass is 226 g/mol. The zero-order valence-corrected chi connectivity index (χ0v) is 9.38. The molecular formula is C9H14N4OS. The highest BCUT2D eigenvalue weighted by Gasteiger charge is 2.12. The third-order valence-electron chi connectivity index (χ3n) is 2.13. The summed E-state index contributed by atoms with van der Waals surface area (Å²) in [6.07, 6.45) is 2.00. The van der Waals surface area contributed by atoms with Crippen molar-refractivity contribution in [2.45, 2.75) is 6.54 Å². The summed E-state index contributed by atoms with van der Waals surface area (Å²) in [7, 11) is 1.64. The molecule has 82 valence electrons. The predicted molar refractivity (Wildman–Crippen MR) is 60.4 cm³/mol. The van der Waals surface area contributed by atoms with E-state index in [0.717, 1.165) is 23.7 Å². The Morgan fingerprint density at radius 1 is 1.67 bits per heavy atom. The van der Waals surface area contributed by atoms with Gasteiger partial charge in [-0.1, -0.05) is 0 Å². The summed E-state index contributed by atoms with van der Waals surface area (Å²) in [5.74, 6) is 0.686. The van der Waals surface area contributed by atoms with Crippen molar-refractivity contribution in [2.24, 2.45) is 5.73 Å². The number of aromatic nitrogens is 2. The molecule has 2 rings (SSSR count). The predicted octanol–water partition coefficient (Wildman–Crippen LogP) is 0.453. The van der Waals surface area contributed by atoms with Crippen LogP contribution in [0.1, 0.15) is 5.69 Å². The van der Waals surface area contributed by atoms with E-state index in [-0.39, 0.29) is 0 Å². The Balaban J connectivity index is 2.24. The first kappa shape index (κ1) is 10.4. The molecule has 0 radical (unpaired) electrons. The summed E-state index contributed by atoms with van der Waals surface area (Å²) >= 11 is 1.60. The van der Waals surface area contributed by atoms with Crippen LogP contribution in [0.4, 0.5) is 0 Å². The van der Waals surface area contributed by atoms with Gasteiger partial charge < -0.3 is 15.8 Å². The number of nitrogens with two attached hydrogens (primary N) is 1. The molecule has 2 heterocycles. The van der Waals surface area contributed by atoms with Gasteiger partial charge in [0.05, 0.1) is 7.11 Å². The summed E-state index contributed by atoms with van der Waals surface area (Å²) in [6.45, 7) is 2.15. The van der Waals surface area contributed by atoms with Gasteiger partial charge in [0.1, 0.15) is 5.69 Å². The van der Waals surface area contributed by atoms with E-state index >= 15 is 0 Å². The van der Waals surface area contributed by atoms with E-state index in [1.54, 1.807) is 18.4 Å². The second-order valence-electron chi connectivity index (χ2n) is 3.09. The third kappa shape index (κ3) is 1.97. The van der Waals surface area contributed by atoms with Crippen LogP contribution in [0.3, 0.4) is 0 Å². The van der Waals surface area contributed by atoms with E-state index in [0.29, 0.717) is 12.4 Å². The van der Waals surface area contributed by atoms with Gasteiger partial charge in [-0.25, -0.2) is 0 Å². The molecule has 0 atom stereocenters. The number of rotatable bonds is 5. The SMILES string of the molecule is COc1nc2sccn2c1CNCCN. The summed E-state index contributed by atoms with van der Waals surface area (Å²) in [5, 5.41) is 5.24. The molecular weight excluding hydrogens is 212 g/mol. The van der Waals surface area contributed by atoms with E-state index in [2.05, 4.69) is 10.3 Å². The lowest BCUT2D eigenvalue weighted by Crippen LogP contribution is -2.22. The first-order chi connectivity index (χ1) is 7.36. The highest BCUT2D eigenvalue weighted by atomic mass is 32.1. The molecule has 0 aliphatic carbocycles. The van der Waals surface area contributed by atoms with E-state index in [9.17, 15) is 0 Å². The molecule has 0 aromatic carbocycles. The van der Waals surface area contributed by atoms with Crippen molar-refractivity contribution in [2.75, 3.05) is 20.2 Å². The molecule has 0 unspecified atom stereocenters. The van der Waals surface area contributed by atoms with Crippen molar-refractivity contribution in [3.05, 3.63) is 17.3 Å². The molecule has 6 heteroatoms. The van der Waals surface area contributed by atoms with Crippen LogP contribution in [0.15, 0.2) is 11.6 Å². The van der Waals surface area contributed by atoms with Gasteiger partial charge >= 0.3 is 0 Å². The lowest BCUT2D eigenvalue weighted by Gasteiger charge is -2.03. The molecule has 0 aliphatic rings. The van der Waals surface area contributed by atoms with Crippen LogP contribution >= 0.6 is 11.3 Å². The Kier molecular flexibility index (Phi) is 3.20. The number of hydrogen-bond acceptors (Lipinski definition) is 5. The maximum Gasteiger partial charge on any atom is 0.237 e. The fourth-order valence-electron chi connectivity index (χ4n) is 1.45. The summed E-state index contributed by atoms with van der Waals surface area (Å²) < 4.78 is 7.26. The smallest absolute Gasteiger partial charge is 0.237 e. The van der Waals surface area contributed by atoms with Crippen molar-refractivity contribution < 1.29 is 4.74 Å². The Hall–Kier alpha value is -1.11. The maximum absolute atomic E-state index is 5.42. The van der Waals surface area contributed by atoms with E-state index in [1.165, 1.54) is 0 Å². The zero-order valence-electron chi connectivity index (χ0n) is 8.56. The largest absolute Gasteiger partial charge is 0.480 e. The number of imidazole rings is 1. The molecule has 0 saturated carbocycles. The van der Waals surface area contributed by atoms with Gasteiger partial charge in [-0.2, -0.15) is 4.98 Å². The van der Waals surface area contributed by atoms with Gasteiger partial charge in [0.25, 0.3) is 0 Å². The van der Waals surface area contributed by atoms with Crippen LogP contribution in [-0.2, 0) is 6.54 Å². The van der Waals surface area contributed by atoms with Crippen LogP contribution in [0.2, 0.25) is 0 Å². The molecule has 0 spiro atoms. The number of thiazole rings is 1. The van der Waals surface area contributed by atoms with Crippen molar-refractivity contribution in [1.82, 2.24) is 14.7 Å². The van der Waals surface area contributed by atoms with Gasteiger partial charge in [0.2, 0.25) is 5.88 Å². The van der Waals surface area contributed by atoms with Crippen LogP contribution in [-0.4, -0.2) is 29.6 Å². The van der Waals surface area contributed by atoms with Crippen molar-refractivity contribution in [1.29, 1.82) is 0 Å². The molecule has 3 N–H and O–H groups in total. The van der Waals surface area contributed by atoms with Crippen LogP contribution in [0.5, 0.6) is 5.88 Å². The average Bonchev–Trinajstić information content (AvgIpc) is 2.79. The number of methoxy groups -OCH3 is 1. The number of fused-ring (bicyclic) bond motifs is 1. The first-order valence-corrected chi connectivity index (χ1v) is 5.64. The summed E-state index contributed by atoms with van der Waals surface area (Å²) in [4.78, 5) is 5.31. The number of nitrogens with one attached hydrogen (secondary N) is 1. The van der Waals surface area contributed by atoms with Crippen LogP contribution in [0, 0.1) is 0 Å². The fraction of sp³-hybridized carbons (Fsp3) is 0.444. The molecule has 0 amide bonds. The van der Waals surface area contributed by atoms with E-state index in [1.807, 2.05) is 16.0 Å². The lowest BCUT2D eigenvalue weighted by atomic mass is 10.4. The molecule has 0 fully saturated rings. The maximum atomic E-state index is 5.42. The topological polar surface area (TPSA) is 64.6 Å². The number of ether oxygens (including phenoxy) is 1. The van der Waals surface area contributed by atoms with Crippen molar-refractivity contribution >= 4 is 16.3 Å². The molecule has 5 nitrogen and oxygen atoms in total. The summed E-state index contributed by atoms with van der Waals surface area (Å²) in [6, 6.07) is 0. The van der Waals surface area contributed by atoms with Crippen molar-refractivity contribution in [3.63, 3.8) is 0 Å². The third-order valence-corrected chi connectivity index (χ3v) is 2.89. The average molecular weight is 226 g/mol. The Labute approximate surface area is 91.9 Å². The zero-order chi connectivity index (χ0) is 10.7. The lowest BCUT2D eigenvalue weighted by molar-refractivity contribution is 0.393. The normalized spacial score (nSPS) is 11.1. The highest BCUT2D eigenvalue weighted by Crippen LogP contribution is 2.22. The summed E-state index contributed by atoms with van der Waals surface area (Å²) in [5.41, 5.74) is 6.46. The molecule has 0 aliphatic heterocycles. The minimum absolute atomic E-state index is 0.633. The highest BCUT2D eigenvalue weighted by molar-refractivity contribution is 7.15.